The number of carbonyl (C=O) groups excluding carboxylic acids is 1. The summed E-state index contributed by atoms with van der Waals surface area (Å²) in [7, 11) is 5.34. The number of fused-ring (bicyclic) bond motifs is 1. The number of halogens is 1. The molecule has 0 spiro atoms. The van der Waals surface area contributed by atoms with E-state index in [0.29, 0.717) is 36.3 Å². The van der Waals surface area contributed by atoms with E-state index in [-0.39, 0.29) is 5.91 Å². The molecule has 0 aliphatic carbocycles. The van der Waals surface area contributed by atoms with Gasteiger partial charge in [-0.2, -0.15) is 0 Å². The molecule has 1 heterocycles. The number of hydrogen-bond donors (Lipinski definition) is 0. The van der Waals surface area contributed by atoms with Crippen LogP contribution in [-0.2, 0) is 16.0 Å². The molecule has 1 aliphatic heterocycles. The third kappa shape index (κ3) is 6.00. The summed E-state index contributed by atoms with van der Waals surface area (Å²) in [5.74, 6) is 1.23. The van der Waals surface area contributed by atoms with E-state index in [9.17, 15) is 4.79 Å². The van der Waals surface area contributed by atoms with Gasteiger partial charge in [0.2, 0.25) is 0 Å². The number of benzene rings is 2. The molecule has 31 heavy (non-hydrogen) atoms. The van der Waals surface area contributed by atoms with Gasteiger partial charge in [0.05, 0.1) is 19.4 Å². The highest BCUT2D eigenvalue weighted by atomic mass is 35.5. The van der Waals surface area contributed by atoms with Gasteiger partial charge in [-0.15, -0.1) is 0 Å². The van der Waals surface area contributed by atoms with Crippen molar-refractivity contribution in [3.05, 3.63) is 58.6 Å². The van der Waals surface area contributed by atoms with Crippen molar-refractivity contribution in [2.24, 2.45) is 0 Å². The second kappa shape index (κ2) is 11.2. The Kier molecular flexibility index (Phi) is 8.35. The monoisotopic (exact) mass is 444 g/mol. The smallest absolute Gasteiger partial charge is 0.251 e. The molecule has 0 saturated carbocycles. The average Bonchev–Trinajstić information content (AvgIpc) is 3.19. The summed E-state index contributed by atoms with van der Waals surface area (Å²) in [4.78, 5) is 16.8. The fraction of sp³-hybridized carbons (Fsp3) is 0.375. The Morgan fingerprint density at radius 2 is 1.94 bits per heavy atom. The van der Waals surface area contributed by atoms with Crippen molar-refractivity contribution in [1.29, 1.82) is 0 Å². The Balaban J connectivity index is 1.71. The molecule has 0 unspecified atom stereocenters. The normalized spacial score (nSPS) is 13.1. The maximum atomic E-state index is 12.9. The quantitative estimate of drug-likeness (QED) is 0.520. The maximum Gasteiger partial charge on any atom is 0.251 e. The summed E-state index contributed by atoms with van der Waals surface area (Å²) < 4.78 is 16.6. The molecule has 2 aromatic rings. The van der Waals surface area contributed by atoms with Crippen molar-refractivity contribution in [2.45, 2.75) is 6.42 Å². The van der Waals surface area contributed by atoms with Crippen molar-refractivity contribution in [2.75, 3.05) is 59.0 Å². The van der Waals surface area contributed by atoms with E-state index in [2.05, 4.69) is 4.90 Å². The number of methoxy groups -OCH3 is 2. The largest absolute Gasteiger partial charge is 0.493 e. The lowest BCUT2D eigenvalue weighted by Crippen LogP contribution is -2.28. The van der Waals surface area contributed by atoms with Crippen LogP contribution in [0.4, 0.5) is 5.69 Å². The first-order valence-corrected chi connectivity index (χ1v) is 10.7. The van der Waals surface area contributed by atoms with Gasteiger partial charge in [0.1, 0.15) is 6.61 Å². The predicted octanol–water partition coefficient (Wildman–Crippen LogP) is 3.91. The van der Waals surface area contributed by atoms with Gasteiger partial charge in [0, 0.05) is 43.9 Å². The molecule has 7 heteroatoms. The molecule has 2 aromatic carbocycles. The lowest BCUT2D eigenvalue weighted by molar-refractivity contribution is -0.114. The average molecular weight is 445 g/mol. The highest BCUT2D eigenvalue weighted by Gasteiger charge is 2.26. The zero-order valence-electron chi connectivity index (χ0n) is 18.3. The molecule has 0 N–H and O–H groups in total. The maximum absolute atomic E-state index is 12.9. The van der Waals surface area contributed by atoms with Gasteiger partial charge in [-0.05, 0) is 42.8 Å². The minimum Gasteiger partial charge on any atom is -0.493 e. The first-order chi connectivity index (χ1) is 15.0. The van der Waals surface area contributed by atoms with E-state index in [0.717, 1.165) is 36.3 Å². The van der Waals surface area contributed by atoms with Crippen molar-refractivity contribution in [1.82, 2.24) is 4.90 Å². The van der Waals surface area contributed by atoms with E-state index >= 15 is 0 Å². The van der Waals surface area contributed by atoms with Gasteiger partial charge in [-0.25, -0.2) is 0 Å². The Hall–Kier alpha value is -2.54. The Bertz CT molecular complexity index is 932. The van der Waals surface area contributed by atoms with Crippen LogP contribution in [0.1, 0.15) is 11.1 Å². The zero-order valence-corrected chi connectivity index (χ0v) is 19.0. The number of likely N-dealkylation sites (N-methyl/N-ethyl adjacent to an activating group) is 1. The number of rotatable bonds is 10. The summed E-state index contributed by atoms with van der Waals surface area (Å²) in [5.41, 5.74) is 2.74. The number of anilines is 1. The Morgan fingerprint density at radius 1 is 1.16 bits per heavy atom. The number of hydrogen-bond acceptors (Lipinski definition) is 5. The first kappa shape index (κ1) is 23.1. The second-order valence-electron chi connectivity index (χ2n) is 7.37. The molecule has 6 nitrogen and oxygen atoms in total. The predicted molar refractivity (Wildman–Crippen MR) is 124 cm³/mol. The molecular weight excluding hydrogens is 416 g/mol. The van der Waals surface area contributed by atoms with E-state index in [1.54, 1.807) is 37.3 Å². The summed E-state index contributed by atoms with van der Waals surface area (Å²) >= 11 is 6.18. The van der Waals surface area contributed by atoms with Gasteiger partial charge >= 0.3 is 0 Å². The van der Waals surface area contributed by atoms with Crippen LogP contribution >= 0.6 is 11.6 Å². The zero-order chi connectivity index (χ0) is 22.2. The van der Waals surface area contributed by atoms with Crippen LogP contribution in [-0.4, -0.2) is 64.9 Å². The molecule has 0 saturated heterocycles. The molecule has 1 amide bonds. The van der Waals surface area contributed by atoms with E-state index in [4.69, 9.17) is 25.8 Å². The second-order valence-corrected chi connectivity index (χ2v) is 7.78. The Morgan fingerprint density at radius 3 is 2.68 bits per heavy atom. The highest BCUT2D eigenvalue weighted by Crippen LogP contribution is 2.39. The van der Waals surface area contributed by atoms with Crippen LogP contribution < -0.4 is 14.4 Å². The van der Waals surface area contributed by atoms with Gasteiger partial charge in [0.15, 0.2) is 11.5 Å². The van der Waals surface area contributed by atoms with Crippen molar-refractivity contribution >= 4 is 29.3 Å². The molecule has 0 atom stereocenters. The van der Waals surface area contributed by atoms with Crippen LogP contribution in [0.2, 0.25) is 5.02 Å². The number of amides is 1. The fourth-order valence-electron chi connectivity index (χ4n) is 3.43. The molecule has 0 fully saturated rings. The van der Waals surface area contributed by atoms with Crippen LogP contribution in [0.15, 0.2) is 42.5 Å². The Labute approximate surface area is 188 Å². The van der Waals surface area contributed by atoms with E-state index in [1.807, 2.05) is 37.4 Å². The molecule has 0 radical (unpaired) electrons. The lowest BCUT2D eigenvalue weighted by Gasteiger charge is -2.19. The minimum atomic E-state index is -0.0888. The van der Waals surface area contributed by atoms with Crippen LogP contribution in [0, 0.1) is 0 Å². The molecular formula is C24H29ClN2O4. The summed E-state index contributed by atoms with van der Waals surface area (Å²) in [5, 5.41) is 0.615. The van der Waals surface area contributed by atoms with Crippen molar-refractivity contribution in [3.63, 3.8) is 0 Å². The topological polar surface area (TPSA) is 51.2 Å². The fourth-order valence-corrected chi connectivity index (χ4v) is 3.63. The molecule has 0 aromatic heterocycles. The van der Waals surface area contributed by atoms with E-state index in [1.165, 1.54) is 0 Å². The third-order valence-corrected chi connectivity index (χ3v) is 5.59. The highest BCUT2D eigenvalue weighted by molar-refractivity contribution is 6.32. The standard InChI is InChI=1S/C24H29ClN2O4/c1-26(12-14-29-2)13-15-31-23-17-21-19(16-22(23)30-3)10-11-27(21)24(28)9-8-18-6-4-5-7-20(18)25/h4-9,16-17H,10-15H2,1-3H3/b9-8+. The van der Waals surface area contributed by atoms with Crippen molar-refractivity contribution in [3.8, 4) is 11.5 Å². The molecule has 166 valence electrons. The summed E-state index contributed by atoms with van der Waals surface area (Å²) in [6.07, 6.45) is 4.09. The van der Waals surface area contributed by atoms with Crippen LogP contribution in [0.25, 0.3) is 6.08 Å². The number of ether oxygens (including phenoxy) is 3. The van der Waals surface area contributed by atoms with Gasteiger partial charge in [0.25, 0.3) is 5.91 Å². The minimum absolute atomic E-state index is 0.0888. The van der Waals surface area contributed by atoms with Crippen LogP contribution in [0.5, 0.6) is 11.5 Å². The van der Waals surface area contributed by atoms with Crippen LogP contribution in [0.3, 0.4) is 0 Å². The van der Waals surface area contributed by atoms with E-state index < -0.39 is 0 Å². The van der Waals surface area contributed by atoms with Gasteiger partial charge in [-0.3, -0.25) is 4.79 Å². The first-order valence-electron chi connectivity index (χ1n) is 10.3. The molecule has 1 aliphatic rings. The number of nitrogens with zero attached hydrogens (tertiary/aromatic N) is 2. The number of carbonyl (C=O) groups is 1. The molecule has 0 bridgehead atoms. The lowest BCUT2D eigenvalue weighted by atomic mass is 10.1. The summed E-state index contributed by atoms with van der Waals surface area (Å²) in [6, 6.07) is 11.3. The third-order valence-electron chi connectivity index (χ3n) is 5.24. The van der Waals surface area contributed by atoms with Crippen molar-refractivity contribution < 1.29 is 19.0 Å². The SMILES string of the molecule is COCCN(C)CCOc1cc2c(cc1OC)CCN2C(=O)/C=C/c1ccccc1Cl. The van der Waals surface area contributed by atoms with Gasteiger partial charge in [-0.1, -0.05) is 29.8 Å². The van der Waals surface area contributed by atoms with Gasteiger partial charge < -0.3 is 24.0 Å². The summed E-state index contributed by atoms with van der Waals surface area (Å²) in [6.45, 7) is 3.40. The molecule has 3 rings (SSSR count).